The highest BCUT2D eigenvalue weighted by Crippen LogP contribution is 2.47. The molecule has 5 heterocycles. The summed E-state index contributed by atoms with van der Waals surface area (Å²) >= 11 is 0. The molecule has 0 spiro atoms. The number of carbonyl (C=O) groups is 1. The van der Waals surface area contributed by atoms with Crippen LogP contribution in [0.4, 0.5) is 14.6 Å². The Morgan fingerprint density at radius 3 is 2.87 bits per heavy atom. The molecule has 0 radical (unpaired) electrons. The van der Waals surface area contributed by atoms with E-state index >= 15 is 0 Å². The number of allylic oxidation sites excluding steroid dienone is 2. The quantitative estimate of drug-likeness (QED) is 0.590. The number of rotatable bonds is 5. The Balaban J connectivity index is 1.43. The summed E-state index contributed by atoms with van der Waals surface area (Å²) in [5.74, 6) is 0.725. The van der Waals surface area contributed by atoms with Gasteiger partial charge in [-0.3, -0.25) is 14.2 Å². The van der Waals surface area contributed by atoms with Gasteiger partial charge in [0.15, 0.2) is 5.82 Å². The minimum absolute atomic E-state index is 0.0309. The van der Waals surface area contributed by atoms with Gasteiger partial charge in [0, 0.05) is 75.4 Å². The van der Waals surface area contributed by atoms with E-state index in [2.05, 4.69) is 39.8 Å². The molecule has 38 heavy (non-hydrogen) atoms. The van der Waals surface area contributed by atoms with E-state index in [0.29, 0.717) is 39.3 Å². The molecule has 10 heteroatoms. The average molecular weight is 527 g/mol. The Bertz CT molecular complexity index is 1280. The first kappa shape index (κ1) is 25.3. The number of halogens is 2. The highest BCUT2D eigenvalue weighted by molar-refractivity contribution is 5.77. The monoisotopic (exact) mass is 526 g/mol. The van der Waals surface area contributed by atoms with Gasteiger partial charge in [-0.15, -0.1) is 0 Å². The number of carbonyl (C=O) groups excluding carboxylic acids is 1. The molecule has 204 valence electrons. The van der Waals surface area contributed by atoms with Crippen LogP contribution in [0.5, 0.6) is 0 Å². The number of hydrogen-bond acceptors (Lipinski definition) is 5. The lowest BCUT2D eigenvalue weighted by Crippen LogP contribution is -2.58. The number of aryl methyl sites for hydroxylation is 1. The maximum atomic E-state index is 13.7. The van der Waals surface area contributed by atoms with Crippen LogP contribution in [0.2, 0.25) is 0 Å². The molecule has 0 N–H and O–H groups in total. The summed E-state index contributed by atoms with van der Waals surface area (Å²) in [6.07, 6.45) is 10.2. The van der Waals surface area contributed by atoms with E-state index in [4.69, 9.17) is 9.84 Å². The second-order valence-corrected chi connectivity index (χ2v) is 11.4. The Kier molecular flexibility index (Phi) is 6.40. The highest BCUT2D eigenvalue weighted by Gasteiger charge is 2.47. The van der Waals surface area contributed by atoms with Crippen LogP contribution < -0.4 is 4.90 Å². The Hall–Kier alpha value is -3.01. The predicted molar refractivity (Wildman–Crippen MR) is 140 cm³/mol. The molecule has 8 nitrogen and oxygen atoms in total. The van der Waals surface area contributed by atoms with Crippen LogP contribution in [0.1, 0.15) is 56.0 Å². The van der Waals surface area contributed by atoms with Crippen molar-refractivity contribution in [2.24, 2.45) is 18.9 Å². The summed E-state index contributed by atoms with van der Waals surface area (Å²) < 4.78 is 37.0. The Labute approximate surface area is 221 Å². The Morgan fingerprint density at radius 1 is 1.34 bits per heavy atom. The molecular formula is C28H36F2N6O2. The number of aromatic nitrogens is 4. The maximum absolute atomic E-state index is 13.7. The van der Waals surface area contributed by atoms with Crippen LogP contribution in [0.3, 0.4) is 0 Å². The first-order valence-electron chi connectivity index (χ1n) is 13.6. The van der Waals surface area contributed by atoms with Gasteiger partial charge in [-0.05, 0) is 31.3 Å². The van der Waals surface area contributed by atoms with Crippen molar-refractivity contribution < 1.29 is 18.3 Å². The largest absolute Gasteiger partial charge is 0.379 e. The van der Waals surface area contributed by atoms with Gasteiger partial charge < -0.3 is 14.5 Å². The molecule has 2 aromatic rings. The van der Waals surface area contributed by atoms with E-state index in [1.54, 1.807) is 11.6 Å². The minimum atomic E-state index is -2.36. The second-order valence-electron chi connectivity index (χ2n) is 11.4. The van der Waals surface area contributed by atoms with E-state index in [1.165, 1.54) is 0 Å². The smallest absolute Gasteiger partial charge is 0.239 e. The Morgan fingerprint density at radius 2 is 2.18 bits per heavy atom. The van der Waals surface area contributed by atoms with Crippen molar-refractivity contribution in [3.8, 4) is 0 Å². The lowest BCUT2D eigenvalue weighted by Gasteiger charge is -2.52. The fourth-order valence-electron chi connectivity index (χ4n) is 6.74. The van der Waals surface area contributed by atoms with Crippen molar-refractivity contribution in [2.45, 2.75) is 64.1 Å². The van der Waals surface area contributed by atoms with Crippen LogP contribution in [0.25, 0.3) is 5.57 Å². The normalized spacial score (nSPS) is 29.0. The van der Waals surface area contributed by atoms with Crippen molar-refractivity contribution >= 4 is 17.3 Å². The van der Waals surface area contributed by atoms with Gasteiger partial charge in [0.25, 0.3) is 0 Å². The van der Waals surface area contributed by atoms with Crippen molar-refractivity contribution in [1.29, 1.82) is 0 Å². The summed E-state index contributed by atoms with van der Waals surface area (Å²) in [4.78, 5) is 16.5. The zero-order valence-electron chi connectivity index (χ0n) is 22.3. The van der Waals surface area contributed by atoms with Gasteiger partial charge in [-0.1, -0.05) is 18.2 Å². The van der Waals surface area contributed by atoms with E-state index in [9.17, 15) is 13.6 Å². The van der Waals surface area contributed by atoms with E-state index in [1.807, 2.05) is 24.3 Å². The van der Waals surface area contributed by atoms with E-state index < -0.39 is 12.0 Å². The molecule has 3 aliphatic heterocycles. The first-order chi connectivity index (χ1) is 18.2. The van der Waals surface area contributed by atoms with Crippen LogP contribution in [0.15, 0.2) is 30.6 Å². The fraction of sp³-hybridized carbons (Fsp3) is 0.607. The summed E-state index contributed by atoms with van der Waals surface area (Å²) in [6.45, 7) is 6.78. The molecule has 1 aliphatic carbocycles. The van der Waals surface area contributed by atoms with Gasteiger partial charge in [0.2, 0.25) is 12.3 Å². The number of amides is 1. The molecule has 2 fully saturated rings. The first-order valence-corrected chi connectivity index (χ1v) is 13.6. The standard InChI is InChI=1S/C28H36F2N6O2/c1-18(37)34-8-5-25-24(16-34)27(32-36(25)23-6-9-38-17-23)35-14-19(11-26(29)30)10-22-12-20(4-7-28(22,35)2)21-13-31-33(3)15-21/h4,7,12-13,15,19,22-23,26H,5-6,8-11,14,16-17H2,1-3H3/t19-,22?,23-,28?/m0/s1. The van der Waals surface area contributed by atoms with Gasteiger partial charge in [0.1, 0.15) is 0 Å². The summed E-state index contributed by atoms with van der Waals surface area (Å²) in [5, 5.41) is 9.51. The van der Waals surface area contributed by atoms with Crippen LogP contribution in [-0.4, -0.2) is 68.6 Å². The summed E-state index contributed by atoms with van der Waals surface area (Å²) in [5.41, 5.74) is 3.86. The number of nitrogens with zero attached hydrogens (tertiary/aromatic N) is 6. The van der Waals surface area contributed by atoms with Gasteiger partial charge in [-0.25, -0.2) is 8.78 Å². The molecular weight excluding hydrogens is 490 g/mol. The highest BCUT2D eigenvalue weighted by atomic mass is 19.3. The van der Waals surface area contributed by atoms with Gasteiger partial charge >= 0.3 is 0 Å². The van der Waals surface area contributed by atoms with Crippen molar-refractivity contribution in [1.82, 2.24) is 24.5 Å². The number of piperidine rings is 1. The number of fused-ring (bicyclic) bond motifs is 2. The molecule has 2 saturated heterocycles. The lowest BCUT2D eigenvalue weighted by molar-refractivity contribution is -0.129. The van der Waals surface area contributed by atoms with E-state index in [0.717, 1.165) is 41.1 Å². The zero-order valence-corrected chi connectivity index (χ0v) is 22.3. The molecule has 4 aliphatic rings. The molecule has 2 aromatic heterocycles. The number of anilines is 1. The summed E-state index contributed by atoms with van der Waals surface area (Å²) in [6, 6.07) is 0.158. The van der Waals surface area contributed by atoms with Crippen LogP contribution in [0, 0.1) is 11.8 Å². The maximum Gasteiger partial charge on any atom is 0.239 e. The third-order valence-electron chi connectivity index (χ3n) is 8.91. The molecule has 0 bridgehead atoms. The van der Waals surface area contributed by atoms with Crippen LogP contribution in [-0.2, 0) is 29.5 Å². The molecule has 1 amide bonds. The number of hydrogen-bond donors (Lipinski definition) is 0. The number of ether oxygens (including phenoxy) is 1. The van der Waals surface area contributed by atoms with Gasteiger partial charge in [0.05, 0.1) is 30.9 Å². The molecule has 0 saturated carbocycles. The van der Waals surface area contributed by atoms with Crippen molar-refractivity contribution in [3.63, 3.8) is 0 Å². The summed E-state index contributed by atoms with van der Waals surface area (Å²) in [7, 11) is 1.89. The third kappa shape index (κ3) is 4.36. The molecule has 6 rings (SSSR count). The SMILES string of the molecule is CC(=O)N1CCc2c(c(N3C[C@H](CC(F)F)CC4C=C(c5cnn(C)c5)C=CC43C)nn2[C@H]2CCOC2)C1. The molecule has 0 aromatic carbocycles. The minimum Gasteiger partial charge on any atom is -0.379 e. The number of alkyl halides is 2. The average Bonchev–Trinajstić information content (AvgIpc) is 3.63. The molecule has 2 unspecified atom stereocenters. The predicted octanol–water partition coefficient (Wildman–Crippen LogP) is 3.99. The second kappa shape index (κ2) is 9.63. The van der Waals surface area contributed by atoms with Crippen molar-refractivity contribution in [2.75, 3.05) is 31.2 Å². The third-order valence-corrected chi connectivity index (χ3v) is 8.91. The topological polar surface area (TPSA) is 68.4 Å². The fourth-order valence-corrected chi connectivity index (χ4v) is 6.74. The van der Waals surface area contributed by atoms with Crippen molar-refractivity contribution in [3.05, 3.63) is 47.4 Å². The van der Waals surface area contributed by atoms with Crippen LogP contribution >= 0.6 is 0 Å². The van der Waals surface area contributed by atoms with E-state index in [-0.39, 0.29) is 30.2 Å². The van der Waals surface area contributed by atoms with Gasteiger partial charge in [-0.2, -0.15) is 10.2 Å². The molecule has 4 atom stereocenters. The lowest BCUT2D eigenvalue weighted by atomic mass is 9.69. The zero-order chi connectivity index (χ0) is 26.6.